The Hall–Kier alpha value is -2.67. The predicted molar refractivity (Wildman–Crippen MR) is 75.3 cm³/mol. The third-order valence-corrected chi connectivity index (χ3v) is 3.04. The van der Waals surface area contributed by atoms with Gasteiger partial charge < -0.3 is 9.99 Å². The summed E-state index contributed by atoms with van der Waals surface area (Å²) in [5.74, 6) is 5.36. The number of nitrogens with two attached hydrogens (primary N) is 1. The topological polar surface area (TPSA) is 90.2 Å². The van der Waals surface area contributed by atoms with Gasteiger partial charge in [-0.2, -0.15) is 5.10 Å². The van der Waals surface area contributed by atoms with Crippen LogP contribution in [0, 0.1) is 6.92 Å². The van der Waals surface area contributed by atoms with Gasteiger partial charge in [-0.3, -0.25) is 15.6 Å². The second kappa shape index (κ2) is 4.78. The van der Waals surface area contributed by atoms with Crippen LogP contribution in [0.15, 0.2) is 41.6 Å². The van der Waals surface area contributed by atoms with E-state index in [4.69, 9.17) is 5.84 Å². The molecule has 3 aromatic heterocycles. The monoisotopic (exact) mass is 270 g/mol. The first kappa shape index (κ1) is 12.4. The van der Waals surface area contributed by atoms with Crippen LogP contribution in [0.2, 0.25) is 0 Å². The number of aryl methyl sites for hydroxylation is 1. The van der Waals surface area contributed by atoms with Crippen LogP contribution in [0.4, 0.5) is 5.69 Å². The molecule has 0 radical (unpaired) electrons. The SMILES string of the molecule is Cc1cc2c(=O)n(Cc3cc(NN)ccn3)ccn2n1. The highest BCUT2D eigenvalue weighted by Gasteiger charge is 2.06. The minimum Gasteiger partial charge on any atom is -0.324 e. The molecule has 102 valence electrons. The summed E-state index contributed by atoms with van der Waals surface area (Å²) in [5.41, 5.74) is 5.34. The Morgan fingerprint density at radius 3 is 3.00 bits per heavy atom. The zero-order valence-electron chi connectivity index (χ0n) is 10.9. The summed E-state index contributed by atoms with van der Waals surface area (Å²) in [6.07, 6.45) is 5.11. The van der Waals surface area contributed by atoms with Gasteiger partial charge in [0.05, 0.1) is 23.6 Å². The molecule has 0 aliphatic rings. The number of hydrogen-bond acceptors (Lipinski definition) is 5. The van der Waals surface area contributed by atoms with Crippen molar-refractivity contribution in [1.29, 1.82) is 0 Å². The molecule has 0 aliphatic heterocycles. The van der Waals surface area contributed by atoms with Gasteiger partial charge in [0.1, 0.15) is 5.52 Å². The van der Waals surface area contributed by atoms with E-state index in [1.54, 1.807) is 45.9 Å². The number of nitrogens with zero attached hydrogens (tertiary/aromatic N) is 4. The number of nitrogens with one attached hydrogen (secondary N) is 1. The van der Waals surface area contributed by atoms with E-state index in [9.17, 15) is 4.79 Å². The molecule has 0 unspecified atom stereocenters. The van der Waals surface area contributed by atoms with Gasteiger partial charge in [-0.1, -0.05) is 0 Å². The largest absolute Gasteiger partial charge is 0.324 e. The summed E-state index contributed by atoms with van der Waals surface area (Å²) in [5, 5.41) is 4.21. The van der Waals surface area contributed by atoms with Crippen molar-refractivity contribution < 1.29 is 0 Å². The van der Waals surface area contributed by atoms with Crippen molar-refractivity contribution in [1.82, 2.24) is 19.2 Å². The lowest BCUT2D eigenvalue weighted by atomic mass is 10.3. The fraction of sp³-hybridized carbons (Fsp3) is 0.154. The van der Waals surface area contributed by atoms with E-state index in [0.717, 1.165) is 17.1 Å². The van der Waals surface area contributed by atoms with E-state index in [0.29, 0.717) is 12.1 Å². The lowest BCUT2D eigenvalue weighted by Crippen LogP contribution is -2.22. The van der Waals surface area contributed by atoms with Gasteiger partial charge in [0.2, 0.25) is 0 Å². The van der Waals surface area contributed by atoms with E-state index < -0.39 is 0 Å². The first-order valence-corrected chi connectivity index (χ1v) is 6.14. The van der Waals surface area contributed by atoms with Crippen LogP contribution in [0.25, 0.3) is 5.52 Å². The van der Waals surface area contributed by atoms with Gasteiger partial charge >= 0.3 is 0 Å². The molecule has 0 saturated carbocycles. The smallest absolute Gasteiger partial charge is 0.276 e. The molecule has 0 spiro atoms. The lowest BCUT2D eigenvalue weighted by Gasteiger charge is -2.07. The predicted octanol–water partition coefficient (Wildman–Crippen LogP) is 0.533. The second-order valence-corrected chi connectivity index (χ2v) is 4.53. The summed E-state index contributed by atoms with van der Waals surface area (Å²) >= 11 is 0. The van der Waals surface area contributed by atoms with Gasteiger partial charge in [-0.05, 0) is 25.1 Å². The van der Waals surface area contributed by atoms with Crippen molar-refractivity contribution >= 4 is 11.2 Å². The Morgan fingerprint density at radius 2 is 2.20 bits per heavy atom. The molecule has 0 aliphatic carbocycles. The Kier molecular flexibility index (Phi) is 2.96. The van der Waals surface area contributed by atoms with Crippen molar-refractivity contribution in [2.75, 3.05) is 5.43 Å². The molecule has 0 bridgehead atoms. The number of hydrogen-bond donors (Lipinski definition) is 2. The third-order valence-electron chi connectivity index (χ3n) is 3.04. The molecule has 3 N–H and O–H groups in total. The molecule has 0 amide bonds. The minimum atomic E-state index is -0.0963. The number of rotatable bonds is 3. The Morgan fingerprint density at radius 1 is 1.35 bits per heavy atom. The van der Waals surface area contributed by atoms with E-state index in [1.807, 2.05) is 6.92 Å². The molecule has 7 nitrogen and oxygen atoms in total. The van der Waals surface area contributed by atoms with Gasteiger partial charge in [-0.25, -0.2) is 4.52 Å². The van der Waals surface area contributed by atoms with Crippen LogP contribution in [0.1, 0.15) is 11.4 Å². The quantitative estimate of drug-likeness (QED) is 0.535. The maximum absolute atomic E-state index is 12.3. The molecule has 0 fully saturated rings. The molecule has 0 atom stereocenters. The zero-order chi connectivity index (χ0) is 14.1. The number of nitrogen functional groups attached to an aromatic ring is 1. The number of pyridine rings is 1. The third kappa shape index (κ3) is 2.14. The molecule has 3 rings (SSSR count). The van der Waals surface area contributed by atoms with Crippen LogP contribution in [0.5, 0.6) is 0 Å². The summed E-state index contributed by atoms with van der Waals surface area (Å²) in [7, 11) is 0. The average Bonchev–Trinajstić information content (AvgIpc) is 2.84. The van der Waals surface area contributed by atoms with Crippen LogP contribution in [-0.4, -0.2) is 19.2 Å². The first-order chi connectivity index (χ1) is 9.67. The maximum Gasteiger partial charge on any atom is 0.276 e. The number of anilines is 1. The Labute approximate surface area is 114 Å². The second-order valence-electron chi connectivity index (χ2n) is 4.53. The molecule has 0 saturated heterocycles. The molecular formula is C13H14N6O. The minimum absolute atomic E-state index is 0.0963. The van der Waals surface area contributed by atoms with Crippen LogP contribution in [0.3, 0.4) is 0 Å². The fourth-order valence-corrected chi connectivity index (χ4v) is 2.10. The highest BCUT2D eigenvalue weighted by atomic mass is 16.1. The standard InChI is InChI=1S/C13H14N6O/c1-9-6-12-13(20)18(4-5-19(12)17-9)8-11-7-10(16-14)2-3-15-11/h2-7H,8,14H2,1H3,(H,15,16). The van der Waals surface area contributed by atoms with E-state index in [1.165, 1.54) is 0 Å². The summed E-state index contributed by atoms with van der Waals surface area (Å²) in [4.78, 5) is 16.6. The summed E-state index contributed by atoms with van der Waals surface area (Å²) < 4.78 is 3.18. The Bertz CT molecular complexity index is 819. The van der Waals surface area contributed by atoms with E-state index in [-0.39, 0.29) is 5.56 Å². The van der Waals surface area contributed by atoms with Crippen molar-refractivity contribution in [3.63, 3.8) is 0 Å². The van der Waals surface area contributed by atoms with E-state index >= 15 is 0 Å². The van der Waals surface area contributed by atoms with Gasteiger partial charge in [-0.15, -0.1) is 0 Å². The first-order valence-electron chi connectivity index (χ1n) is 6.14. The van der Waals surface area contributed by atoms with Crippen LogP contribution < -0.4 is 16.8 Å². The van der Waals surface area contributed by atoms with Crippen LogP contribution >= 0.6 is 0 Å². The summed E-state index contributed by atoms with van der Waals surface area (Å²) in [6.45, 7) is 2.24. The normalized spacial score (nSPS) is 10.9. The zero-order valence-corrected chi connectivity index (χ0v) is 10.9. The van der Waals surface area contributed by atoms with Gasteiger partial charge in [0.25, 0.3) is 5.56 Å². The van der Waals surface area contributed by atoms with Crippen molar-refractivity contribution in [2.24, 2.45) is 5.84 Å². The average molecular weight is 270 g/mol. The number of aromatic nitrogens is 4. The number of fused-ring (bicyclic) bond motifs is 1. The van der Waals surface area contributed by atoms with Crippen molar-refractivity contribution in [3.05, 3.63) is 58.5 Å². The number of hydrazine groups is 1. The molecule has 20 heavy (non-hydrogen) atoms. The van der Waals surface area contributed by atoms with Crippen molar-refractivity contribution in [2.45, 2.75) is 13.5 Å². The van der Waals surface area contributed by atoms with Gasteiger partial charge in [0, 0.05) is 18.6 Å². The Balaban J connectivity index is 2.02. The van der Waals surface area contributed by atoms with E-state index in [2.05, 4.69) is 15.5 Å². The highest BCUT2D eigenvalue weighted by molar-refractivity contribution is 5.45. The lowest BCUT2D eigenvalue weighted by molar-refractivity contribution is 0.725. The van der Waals surface area contributed by atoms with Gasteiger partial charge in [0.15, 0.2) is 0 Å². The highest BCUT2D eigenvalue weighted by Crippen LogP contribution is 2.07. The molecular weight excluding hydrogens is 256 g/mol. The van der Waals surface area contributed by atoms with Crippen LogP contribution in [-0.2, 0) is 6.54 Å². The molecule has 7 heteroatoms. The molecule has 0 aromatic carbocycles. The fourth-order valence-electron chi connectivity index (χ4n) is 2.10. The molecule has 3 heterocycles. The molecule has 3 aromatic rings. The summed E-state index contributed by atoms with van der Waals surface area (Å²) in [6, 6.07) is 5.33. The maximum atomic E-state index is 12.3. The van der Waals surface area contributed by atoms with Crippen molar-refractivity contribution in [3.8, 4) is 0 Å².